The molecule has 2 aromatic rings. The van der Waals surface area contributed by atoms with Crippen LogP contribution in [0.25, 0.3) is 0 Å². The second-order valence-corrected chi connectivity index (χ2v) is 5.85. The summed E-state index contributed by atoms with van der Waals surface area (Å²) in [5.41, 5.74) is 2.83. The summed E-state index contributed by atoms with van der Waals surface area (Å²) >= 11 is 0. The highest BCUT2D eigenvalue weighted by Crippen LogP contribution is 2.24. The van der Waals surface area contributed by atoms with Crippen LogP contribution in [-0.4, -0.2) is 19.7 Å². The average molecular weight is 281 g/mol. The van der Waals surface area contributed by atoms with Gasteiger partial charge in [-0.25, -0.2) is 0 Å². The maximum Gasteiger partial charge on any atom is 0.118 e. The third kappa shape index (κ3) is 3.64. The standard InChI is InChI=1S/C19H23NO/c1-21-18-9-7-16(8-10-18)14-19-17(11-12-20-19)13-15-5-3-2-4-6-15/h2-10,17,19-20H,11-14H2,1H3. The molecule has 1 N–H and O–H groups in total. The van der Waals surface area contributed by atoms with E-state index in [4.69, 9.17) is 4.74 Å². The number of rotatable bonds is 5. The summed E-state index contributed by atoms with van der Waals surface area (Å²) in [6, 6.07) is 19.9. The number of benzene rings is 2. The Balaban J connectivity index is 1.63. The minimum absolute atomic E-state index is 0.582. The van der Waals surface area contributed by atoms with Gasteiger partial charge in [-0.2, -0.15) is 0 Å². The number of hydrogen-bond acceptors (Lipinski definition) is 2. The Hall–Kier alpha value is -1.80. The first-order chi connectivity index (χ1) is 10.3. The molecule has 21 heavy (non-hydrogen) atoms. The number of nitrogens with one attached hydrogen (secondary N) is 1. The summed E-state index contributed by atoms with van der Waals surface area (Å²) in [6.45, 7) is 1.14. The lowest BCUT2D eigenvalue weighted by Crippen LogP contribution is -2.30. The van der Waals surface area contributed by atoms with Crippen LogP contribution >= 0.6 is 0 Å². The topological polar surface area (TPSA) is 21.3 Å². The zero-order valence-corrected chi connectivity index (χ0v) is 12.6. The molecule has 0 saturated carbocycles. The first-order valence-corrected chi connectivity index (χ1v) is 7.75. The molecular weight excluding hydrogens is 258 g/mol. The van der Waals surface area contributed by atoms with Crippen LogP contribution in [0.1, 0.15) is 17.5 Å². The first kappa shape index (κ1) is 14.2. The monoisotopic (exact) mass is 281 g/mol. The van der Waals surface area contributed by atoms with Gasteiger partial charge in [0, 0.05) is 6.04 Å². The summed E-state index contributed by atoms with van der Waals surface area (Å²) in [7, 11) is 1.71. The lowest BCUT2D eigenvalue weighted by Gasteiger charge is -2.20. The Labute approximate surface area is 127 Å². The van der Waals surface area contributed by atoms with Gasteiger partial charge in [0.2, 0.25) is 0 Å². The molecule has 0 aliphatic carbocycles. The molecule has 1 fully saturated rings. The Morgan fingerprint density at radius 3 is 2.38 bits per heavy atom. The van der Waals surface area contributed by atoms with Gasteiger partial charge in [0.25, 0.3) is 0 Å². The molecule has 1 aliphatic rings. The molecule has 2 atom stereocenters. The molecule has 0 aromatic heterocycles. The van der Waals surface area contributed by atoms with Gasteiger partial charge in [-0.3, -0.25) is 0 Å². The number of ether oxygens (including phenoxy) is 1. The first-order valence-electron chi connectivity index (χ1n) is 7.75. The maximum absolute atomic E-state index is 5.22. The van der Waals surface area contributed by atoms with Gasteiger partial charge in [-0.05, 0) is 55.0 Å². The zero-order valence-electron chi connectivity index (χ0n) is 12.6. The molecular formula is C19H23NO. The van der Waals surface area contributed by atoms with Crippen molar-refractivity contribution in [2.24, 2.45) is 5.92 Å². The van der Waals surface area contributed by atoms with Gasteiger partial charge in [0.1, 0.15) is 5.75 Å². The van der Waals surface area contributed by atoms with Crippen LogP contribution in [0.2, 0.25) is 0 Å². The molecule has 0 spiro atoms. The molecule has 1 saturated heterocycles. The summed E-state index contributed by atoms with van der Waals surface area (Å²) in [5.74, 6) is 1.66. The van der Waals surface area contributed by atoms with Gasteiger partial charge in [0.15, 0.2) is 0 Å². The molecule has 3 rings (SSSR count). The maximum atomic E-state index is 5.22. The molecule has 2 heteroatoms. The van der Waals surface area contributed by atoms with E-state index in [9.17, 15) is 0 Å². The van der Waals surface area contributed by atoms with E-state index in [-0.39, 0.29) is 0 Å². The number of methoxy groups -OCH3 is 1. The fraction of sp³-hybridized carbons (Fsp3) is 0.368. The highest BCUT2D eigenvalue weighted by atomic mass is 16.5. The minimum atomic E-state index is 0.582. The molecule has 2 nitrogen and oxygen atoms in total. The molecule has 2 aromatic carbocycles. The van der Waals surface area contributed by atoms with Crippen molar-refractivity contribution >= 4 is 0 Å². The predicted molar refractivity (Wildman–Crippen MR) is 86.7 cm³/mol. The van der Waals surface area contributed by atoms with Gasteiger partial charge in [0.05, 0.1) is 7.11 Å². The fourth-order valence-corrected chi connectivity index (χ4v) is 3.24. The smallest absolute Gasteiger partial charge is 0.118 e. The van der Waals surface area contributed by atoms with Crippen LogP contribution < -0.4 is 10.1 Å². The van der Waals surface area contributed by atoms with Crippen LogP contribution in [0.15, 0.2) is 54.6 Å². The van der Waals surface area contributed by atoms with E-state index in [0.717, 1.165) is 24.6 Å². The van der Waals surface area contributed by atoms with Gasteiger partial charge < -0.3 is 10.1 Å². The lowest BCUT2D eigenvalue weighted by molar-refractivity contribution is 0.414. The molecule has 0 bridgehead atoms. The highest BCUT2D eigenvalue weighted by Gasteiger charge is 2.26. The molecule has 0 radical (unpaired) electrons. The second-order valence-electron chi connectivity index (χ2n) is 5.85. The van der Waals surface area contributed by atoms with Crippen molar-refractivity contribution in [1.82, 2.24) is 5.32 Å². The molecule has 1 aliphatic heterocycles. The normalized spacial score (nSPS) is 21.4. The highest BCUT2D eigenvalue weighted by molar-refractivity contribution is 5.28. The Morgan fingerprint density at radius 2 is 1.67 bits per heavy atom. The van der Waals surface area contributed by atoms with Crippen molar-refractivity contribution in [1.29, 1.82) is 0 Å². The number of hydrogen-bond donors (Lipinski definition) is 1. The van der Waals surface area contributed by atoms with Crippen molar-refractivity contribution in [3.05, 3.63) is 65.7 Å². The van der Waals surface area contributed by atoms with E-state index >= 15 is 0 Å². The van der Waals surface area contributed by atoms with E-state index in [2.05, 4.69) is 59.9 Å². The van der Waals surface area contributed by atoms with Crippen LogP contribution in [0, 0.1) is 5.92 Å². The van der Waals surface area contributed by atoms with Gasteiger partial charge >= 0.3 is 0 Å². The van der Waals surface area contributed by atoms with E-state index in [0.29, 0.717) is 6.04 Å². The molecule has 0 amide bonds. The third-order valence-electron chi connectivity index (χ3n) is 4.45. The molecule has 110 valence electrons. The Kier molecular flexibility index (Phi) is 4.56. The zero-order chi connectivity index (χ0) is 14.5. The molecule has 2 unspecified atom stereocenters. The summed E-state index contributed by atoms with van der Waals surface area (Å²) in [6.07, 6.45) is 3.55. The van der Waals surface area contributed by atoms with E-state index in [1.165, 1.54) is 24.0 Å². The van der Waals surface area contributed by atoms with E-state index in [1.807, 2.05) is 0 Å². The lowest BCUT2D eigenvalue weighted by atomic mass is 9.89. The second kappa shape index (κ2) is 6.77. The summed E-state index contributed by atoms with van der Waals surface area (Å²) < 4.78 is 5.22. The van der Waals surface area contributed by atoms with Crippen LogP contribution in [-0.2, 0) is 12.8 Å². The van der Waals surface area contributed by atoms with E-state index < -0.39 is 0 Å². The summed E-state index contributed by atoms with van der Waals surface area (Å²) in [4.78, 5) is 0. The largest absolute Gasteiger partial charge is 0.497 e. The van der Waals surface area contributed by atoms with E-state index in [1.54, 1.807) is 7.11 Å². The van der Waals surface area contributed by atoms with Crippen LogP contribution in [0.4, 0.5) is 0 Å². The predicted octanol–water partition coefficient (Wildman–Crippen LogP) is 3.46. The quantitative estimate of drug-likeness (QED) is 0.906. The third-order valence-corrected chi connectivity index (χ3v) is 4.45. The average Bonchev–Trinajstić information content (AvgIpc) is 2.96. The van der Waals surface area contributed by atoms with Crippen LogP contribution in [0.3, 0.4) is 0 Å². The SMILES string of the molecule is COc1ccc(CC2NCCC2Cc2ccccc2)cc1. The summed E-state index contributed by atoms with van der Waals surface area (Å²) in [5, 5.41) is 3.67. The van der Waals surface area contributed by atoms with Gasteiger partial charge in [-0.15, -0.1) is 0 Å². The molecule has 1 heterocycles. The van der Waals surface area contributed by atoms with Crippen molar-refractivity contribution in [3.63, 3.8) is 0 Å². The van der Waals surface area contributed by atoms with Crippen molar-refractivity contribution in [2.75, 3.05) is 13.7 Å². The Bertz CT molecular complexity index is 550. The Morgan fingerprint density at radius 1 is 0.952 bits per heavy atom. The van der Waals surface area contributed by atoms with Gasteiger partial charge in [-0.1, -0.05) is 42.5 Å². The van der Waals surface area contributed by atoms with Crippen molar-refractivity contribution < 1.29 is 4.74 Å². The van der Waals surface area contributed by atoms with Crippen molar-refractivity contribution in [2.45, 2.75) is 25.3 Å². The fourth-order valence-electron chi connectivity index (χ4n) is 3.24. The van der Waals surface area contributed by atoms with Crippen molar-refractivity contribution in [3.8, 4) is 5.75 Å². The van der Waals surface area contributed by atoms with Crippen LogP contribution in [0.5, 0.6) is 5.75 Å². The minimum Gasteiger partial charge on any atom is -0.497 e.